The first-order valence-electron chi connectivity index (χ1n) is 9.22. The summed E-state index contributed by atoms with van der Waals surface area (Å²) >= 11 is 0. The number of nitrogens with zero attached hydrogens (tertiary/aromatic N) is 4. The van der Waals surface area contributed by atoms with E-state index in [1.807, 2.05) is 0 Å². The van der Waals surface area contributed by atoms with Gasteiger partial charge in [0.25, 0.3) is 5.95 Å². The van der Waals surface area contributed by atoms with E-state index in [2.05, 4.69) is 30.3 Å². The van der Waals surface area contributed by atoms with Crippen LogP contribution in [0.4, 0.5) is 52.6 Å². The van der Waals surface area contributed by atoms with Crippen LogP contribution >= 0.6 is 0 Å². The second-order valence-corrected chi connectivity index (χ2v) is 6.57. The molecule has 0 saturated heterocycles. The average Bonchev–Trinajstić information content (AvgIpc) is 2.75. The summed E-state index contributed by atoms with van der Waals surface area (Å²) in [4.78, 5) is 7.78. The molecule has 34 heavy (non-hydrogen) atoms. The topological polar surface area (TPSA) is 71.8 Å². The number of hydrogen-bond donors (Lipinski definition) is 1. The highest BCUT2D eigenvalue weighted by molar-refractivity contribution is 5.57. The molecule has 6 nitrogen and oxygen atoms in total. The fourth-order valence-electron chi connectivity index (χ4n) is 2.48. The van der Waals surface area contributed by atoms with Gasteiger partial charge in [-0.15, -0.1) is 5.11 Å². The van der Waals surface area contributed by atoms with Crippen molar-refractivity contribution in [3.8, 4) is 5.75 Å². The smallest absolute Gasteiger partial charge is 0.428 e. The molecule has 0 fully saturated rings. The Balaban J connectivity index is 1.63. The van der Waals surface area contributed by atoms with Crippen LogP contribution in [0.25, 0.3) is 0 Å². The first kappa shape index (κ1) is 24.8. The van der Waals surface area contributed by atoms with Crippen molar-refractivity contribution in [2.45, 2.75) is 25.3 Å². The zero-order chi connectivity index (χ0) is 24.9. The summed E-state index contributed by atoms with van der Waals surface area (Å²) in [6.45, 7) is -0.0561. The summed E-state index contributed by atoms with van der Waals surface area (Å²) in [5, 5.41) is 10.1. The number of aromatic nitrogens is 2. The number of alkyl halides is 7. The lowest BCUT2D eigenvalue weighted by Crippen LogP contribution is -2.33. The van der Waals surface area contributed by atoms with Crippen LogP contribution in [0, 0.1) is 5.82 Å². The summed E-state index contributed by atoms with van der Waals surface area (Å²) < 4.78 is 106. The molecule has 3 rings (SSSR count). The fraction of sp³-hybridized carbons (Fsp3) is 0.200. The molecule has 0 radical (unpaired) electrons. The number of halogens is 8. The summed E-state index contributed by atoms with van der Waals surface area (Å²) in [5.41, 5.74) is -1.05. The molecule has 0 amide bonds. The molecule has 0 unspecified atom stereocenters. The SMILES string of the molecule is Fc1ccc(Nc2ccnc(N=NCc3ccc(OC(F)(F)C(F)F)cc3)n2)cc1C(F)(F)F. The second kappa shape index (κ2) is 9.97. The number of benzene rings is 2. The van der Waals surface area contributed by atoms with Crippen molar-refractivity contribution in [2.75, 3.05) is 5.32 Å². The highest BCUT2D eigenvalue weighted by Gasteiger charge is 2.43. The van der Waals surface area contributed by atoms with Crippen LogP contribution in [0.1, 0.15) is 11.1 Å². The Kier molecular flexibility index (Phi) is 7.27. The molecule has 2 aromatic carbocycles. The van der Waals surface area contributed by atoms with Gasteiger partial charge in [-0.05, 0) is 42.0 Å². The van der Waals surface area contributed by atoms with Gasteiger partial charge in [0.2, 0.25) is 0 Å². The predicted molar refractivity (Wildman–Crippen MR) is 103 cm³/mol. The minimum Gasteiger partial charge on any atom is -0.428 e. The normalized spacial score (nSPS) is 12.4. The van der Waals surface area contributed by atoms with Gasteiger partial charge in [-0.3, -0.25) is 0 Å². The number of hydrogen-bond acceptors (Lipinski definition) is 6. The zero-order valence-corrected chi connectivity index (χ0v) is 16.7. The number of azo groups is 1. The molecule has 0 saturated carbocycles. The van der Waals surface area contributed by atoms with Crippen molar-refractivity contribution < 1.29 is 39.9 Å². The molecule has 0 atom stereocenters. The second-order valence-electron chi connectivity index (χ2n) is 6.57. The fourth-order valence-corrected chi connectivity index (χ4v) is 2.48. The Bertz CT molecular complexity index is 1150. The van der Waals surface area contributed by atoms with E-state index >= 15 is 0 Å². The van der Waals surface area contributed by atoms with Gasteiger partial charge in [-0.25, -0.2) is 9.37 Å². The lowest BCUT2D eigenvalue weighted by Gasteiger charge is -2.16. The van der Waals surface area contributed by atoms with Gasteiger partial charge >= 0.3 is 18.7 Å². The minimum absolute atomic E-state index is 0.0561. The lowest BCUT2D eigenvalue weighted by atomic mass is 10.2. The summed E-state index contributed by atoms with van der Waals surface area (Å²) in [6.07, 6.45) is -12.2. The van der Waals surface area contributed by atoms with Crippen LogP contribution in [-0.2, 0) is 12.7 Å². The quantitative estimate of drug-likeness (QED) is 0.275. The van der Waals surface area contributed by atoms with Crippen molar-refractivity contribution in [2.24, 2.45) is 10.2 Å². The summed E-state index contributed by atoms with van der Waals surface area (Å²) in [7, 11) is 0. The third-order valence-electron chi connectivity index (χ3n) is 4.03. The van der Waals surface area contributed by atoms with Gasteiger partial charge in [-0.1, -0.05) is 12.1 Å². The highest BCUT2D eigenvalue weighted by Crippen LogP contribution is 2.33. The Hall–Kier alpha value is -3.84. The molecule has 0 aliphatic rings. The van der Waals surface area contributed by atoms with Gasteiger partial charge in [0.05, 0.1) is 12.1 Å². The van der Waals surface area contributed by atoms with E-state index in [1.54, 1.807) is 0 Å². The molecular formula is C20H13F8N5O. The predicted octanol–water partition coefficient (Wildman–Crippen LogP) is 6.90. The molecule has 1 heterocycles. The van der Waals surface area contributed by atoms with Gasteiger partial charge in [0.15, 0.2) is 0 Å². The highest BCUT2D eigenvalue weighted by atomic mass is 19.4. The zero-order valence-electron chi connectivity index (χ0n) is 16.7. The van der Waals surface area contributed by atoms with Crippen LogP contribution in [0.15, 0.2) is 65.0 Å². The summed E-state index contributed by atoms with van der Waals surface area (Å²) in [6, 6.07) is 8.41. The van der Waals surface area contributed by atoms with E-state index in [0.717, 1.165) is 18.2 Å². The van der Waals surface area contributed by atoms with Crippen LogP contribution in [0.2, 0.25) is 0 Å². The maximum Gasteiger partial charge on any atom is 0.461 e. The Morgan fingerprint density at radius 2 is 1.68 bits per heavy atom. The standard InChI is InChI=1S/C20H13F8N5O/c21-15-6-3-12(9-14(15)19(24,25)26)31-16-7-8-29-18(32-16)33-30-10-11-1-4-13(5-2-11)34-20(27,28)17(22)23/h1-9,17H,10H2,(H,29,31,32). The third kappa shape index (κ3) is 6.59. The van der Waals surface area contributed by atoms with Crippen LogP contribution in [0.3, 0.4) is 0 Å². The van der Waals surface area contributed by atoms with E-state index in [9.17, 15) is 35.1 Å². The van der Waals surface area contributed by atoms with Crippen molar-refractivity contribution in [1.29, 1.82) is 0 Å². The van der Waals surface area contributed by atoms with Gasteiger partial charge in [0.1, 0.15) is 17.4 Å². The first-order chi connectivity index (χ1) is 15.9. The molecule has 0 spiro atoms. The third-order valence-corrected chi connectivity index (χ3v) is 4.03. The molecular weight excluding hydrogens is 478 g/mol. The Labute approximate surface area is 186 Å². The molecule has 0 aliphatic carbocycles. The Morgan fingerprint density at radius 3 is 2.32 bits per heavy atom. The van der Waals surface area contributed by atoms with Crippen molar-refractivity contribution in [1.82, 2.24) is 9.97 Å². The van der Waals surface area contributed by atoms with E-state index in [4.69, 9.17) is 0 Å². The van der Waals surface area contributed by atoms with E-state index < -0.39 is 35.8 Å². The lowest BCUT2D eigenvalue weighted by molar-refractivity contribution is -0.253. The minimum atomic E-state index is -4.87. The van der Waals surface area contributed by atoms with Crippen molar-refractivity contribution >= 4 is 17.5 Å². The molecule has 0 aliphatic heterocycles. The first-order valence-corrected chi connectivity index (χ1v) is 9.22. The maximum atomic E-state index is 13.4. The van der Waals surface area contributed by atoms with E-state index in [-0.39, 0.29) is 24.0 Å². The maximum absolute atomic E-state index is 13.4. The van der Waals surface area contributed by atoms with Gasteiger partial charge in [-0.2, -0.15) is 40.8 Å². The molecule has 1 aromatic heterocycles. The van der Waals surface area contributed by atoms with Gasteiger partial charge in [0, 0.05) is 11.9 Å². The number of ether oxygens (including phenoxy) is 1. The van der Waals surface area contributed by atoms with E-state index in [0.29, 0.717) is 17.7 Å². The van der Waals surface area contributed by atoms with Crippen molar-refractivity contribution in [3.05, 3.63) is 71.7 Å². The molecule has 3 aromatic rings. The Morgan fingerprint density at radius 1 is 0.971 bits per heavy atom. The van der Waals surface area contributed by atoms with Crippen molar-refractivity contribution in [3.63, 3.8) is 0 Å². The monoisotopic (exact) mass is 491 g/mol. The average molecular weight is 491 g/mol. The number of anilines is 2. The molecule has 0 bridgehead atoms. The molecule has 1 N–H and O–H groups in total. The van der Waals surface area contributed by atoms with E-state index in [1.165, 1.54) is 24.4 Å². The molecule has 180 valence electrons. The van der Waals surface area contributed by atoms with Crippen LogP contribution < -0.4 is 10.1 Å². The van der Waals surface area contributed by atoms with Crippen LogP contribution in [-0.4, -0.2) is 22.5 Å². The molecule has 14 heteroatoms. The summed E-state index contributed by atoms with van der Waals surface area (Å²) in [5.74, 6) is -1.98. The number of nitrogens with one attached hydrogen (secondary N) is 1. The number of rotatable bonds is 8. The largest absolute Gasteiger partial charge is 0.461 e. The van der Waals surface area contributed by atoms with Gasteiger partial charge < -0.3 is 10.1 Å². The van der Waals surface area contributed by atoms with Crippen LogP contribution in [0.5, 0.6) is 5.75 Å².